The van der Waals surface area contributed by atoms with Crippen molar-refractivity contribution < 1.29 is 4.52 Å². The number of nitrogens with one attached hydrogen (secondary N) is 1. The van der Waals surface area contributed by atoms with E-state index in [1.54, 1.807) is 0 Å². The molecule has 1 aromatic heterocycles. The molecule has 1 saturated heterocycles. The second kappa shape index (κ2) is 7.45. The number of nitrogens with zero attached hydrogens (tertiary/aromatic N) is 3. The third kappa shape index (κ3) is 4.42. The Morgan fingerprint density at radius 2 is 1.88 bits per heavy atom. The molecule has 0 bridgehead atoms. The van der Waals surface area contributed by atoms with Crippen molar-refractivity contribution in [1.82, 2.24) is 20.4 Å². The van der Waals surface area contributed by atoms with Gasteiger partial charge >= 0.3 is 0 Å². The lowest BCUT2D eigenvalue weighted by molar-refractivity contribution is 0.170. The van der Waals surface area contributed by atoms with Crippen LogP contribution in [0.25, 0.3) is 0 Å². The highest BCUT2D eigenvalue weighted by molar-refractivity contribution is 5.18. The fourth-order valence-corrected chi connectivity index (χ4v) is 3.35. The summed E-state index contributed by atoms with van der Waals surface area (Å²) in [6.07, 6.45) is 6.02. The van der Waals surface area contributed by atoms with Gasteiger partial charge in [-0.05, 0) is 43.7 Å². The maximum Gasteiger partial charge on any atom is 0.240 e. The average molecular weight is 326 g/mol. The van der Waals surface area contributed by atoms with Crippen LogP contribution in [0.1, 0.15) is 43.0 Å². The lowest BCUT2D eigenvalue weighted by atomic mass is 10.0. The van der Waals surface area contributed by atoms with Crippen molar-refractivity contribution in [2.45, 2.75) is 44.7 Å². The zero-order chi connectivity index (χ0) is 16.2. The van der Waals surface area contributed by atoms with Gasteiger partial charge in [0.1, 0.15) is 0 Å². The van der Waals surface area contributed by atoms with Gasteiger partial charge in [0.15, 0.2) is 5.82 Å². The van der Waals surface area contributed by atoms with Gasteiger partial charge in [0.25, 0.3) is 0 Å². The second-order valence-electron chi connectivity index (χ2n) is 7.17. The summed E-state index contributed by atoms with van der Waals surface area (Å²) in [5.41, 5.74) is 1.22. The van der Waals surface area contributed by atoms with E-state index < -0.39 is 0 Å². The summed E-state index contributed by atoms with van der Waals surface area (Å²) in [5, 5.41) is 7.84. The molecule has 1 aliphatic carbocycles. The molecule has 2 fully saturated rings. The van der Waals surface area contributed by atoms with Crippen LogP contribution in [0.4, 0.5) is 0 Å². The fraction of sp³-hybridized carbons (Fsp3) is 0.579. The first-order valence-corrected chi connectivity index (χ1v) is 9.16. The molecule has 5 nitrogen and oxygen atoms in total. The van der Waals surface area contributed by atoms with Crippen LogP contribution in [0.15, 0.2) is 34.9 Å². The van der Waals surface area contributed by atoms with E-state index in [9.17, 15) is 0 Å². The number of benzene rings is 1. The Kier molecular flexibility index (Phi) is 4.90. The molecule has 5 heteroatoms. The van der Waals surface area contributed by atoms with Gasteiger partial charge in [0.2, 0.25) is 5.89 Å². The zero-order valence-electron chi connectivity index (χ0n) is 14.2. The van der Waals surface area contributed by atoms with Crippen LogP contribution in [-0.4, -0.2) is 40.7 Å². The number of hydrogen-bond donors (Lipinski definition) is 1. The summed E-state index contributed by atoms with van der Waals surface area (Å²) in [5.74, 6) is 2.48. The Balaban J connectivity index is 1.23. The molecule has 1 aromatic carbocycles. The number of aromatic nitrogens is 2. The van der Waals surface area contributed by atoms with E-state index >= 15 is 0 Å². The smallest absolute Gasteiger partial charge is 0.240 e. The molecular weight excluding hydrogens is 300 g/mol. The second-order valence-corrected chi connectivity index (χ2v) is 7.17. The van der Waals surface area contributed by atoms with Crippen LogP contribution in [0, 0.1) is 5.92 Å². The lowest BCUT2D eigenvalue weighted by Gasteiger charge is -2.31. The summed E-state index contributed by atoms with van der Waals surface area (Å²) < 4.78 is 5.44. The quantitative estimate of drug-likeness (QED) is 0.848. The van der Waals surface area contributed by atoms with Gasteiger partial charge < -0.3 is 9.84 Å². The van der Waals surface area contributed by atoms with Gasteiger partial charge in [-0.25, -0.2) is 0 Å². The predicted octanol–water partition coefficient (Wildman–Crippen LogP) is 2.62. The normalized spacial score (nSPS) is 19.7. The fourth-order valence-electron chi connectivity index (χ4n) is 3.35. The molecule has 0 unspecified atom stereocenters. The first-order chi connectivity index (χ1) is 11.8. The summed E-state index contributed by atoms with van der Waals surface area (Å²) >= 11 is 0. The van der Waals surface area contributed by atoms with Crippen molar-refractivity contribution in [2.24, 2.45) is 5.92 Å². The lowest BCUT2D eigenvalue weighted by Crippen LogP contribution is -2.42. The number of rotatable bonds is 7. The van der Waals surface area contributed by atoms with Crippen molar-refractivity contribution in [3.63, 3.8) is 0 Å². The van der Waals surface area contributed by atoms with Gasteiger partial charge in [-0.2, -0.15) is 4.98 Å². The maximum atomic E-state index is 5.44. The standard InChI is InChI=1S/C19H26N4O/c1-2-4-15(5-3-1)12-18-21-19(24-22-18)14-23-10-8-17(9-11-23)20-13-16-6-7-16/h1-5,16-17,20H,6-14H2. The molecule has 0 amide bonds. The van der Waals surface area contributed by atoms with Crippen LogP contribution in [0.5, 0.6) is 0 Å². The summed E-state index contributed by atoms with van der Waals surface area (Å²) in [7, 11) is 0. The largest absolute Gasteiger partial charge is 0.338 e. The predicted molar refractivity (Wildman–Crippen MR) is 92.6 cm³/mol. The summed E-state index contributed by atoms with van der Waals surface area (Å²) in [6.45, 7) is 4.21. The highest BCUT2D eigenvalue weighted by atomic mass is 16.5. The van der Waals surface area contributed by atoms with Crippen LogP contribution >= 0.6 is 0 Å². The Hall–Kier alpha value is -1.72. The monoisotopic (exact) mass is 326 g/mol. The first-order valence-electron chi connectivity index (χ1n) is 9.16. The Morgan fingerprint density at radius 3 is 2.62 bits per heavy atom. The molecule has 2 heterocycles. The van der Waals surface area contributed by atoms with Gasteiger partial charge in [0, 0.05) is 25.6 Å². The van der Waals surface area contributed by atoms with E-state index in [0.29, 0.717) is 6.04 Å². The van der Waals surface area contributed by atoms with Crippen molar-refractivity contribution in [1.29, 1.82) is 0 Å². The van der Waals surface area contributed by atoms with E-state index in [4.69, 9.17) is 4.52 Å². The number of piperidine rings is 1. The van der Waals surface area contributed by atoms with Crippen LogP contribution < -0.4 is 5.32 Å². The van der Waals surface area contributed by atoms with E-state index in [0.717, 1.165) is 43.7 Å². The maximum absolute atomic E-state index is 5.44. The van der Waals surface area contributed by atoms with E-state index in [2.05, 4.69) is 32.5 Å². The molecule has 2 aromatic rings. The molecule has 1 N–H and O–H groups in total. The third-order valence-corrected chi connectivity index (χ3v) is 5.05. The van der Waals surface area contributed by atoms with E-state index in [-0.39, 0.29) is 0 Å². The van der Waals surface area contributed by atoms with Crippen LogP contribution in [0.2, 0.25) is 0 Å². The molecule has 24 heavy (non-hydrogen) atoms. The third-order valence-electron chi connectivity index (χ3n) is 5.05. The van der Waals surface area contributed by atoms with E-state index in [1.807, 2.05) is 18.2 Å². The number of likely N-dealkylation sites (tertiary alicyclic amines) is 1. The molecule has 0 radical (unpaired) electrons. The van der Waals surface area contributed by atoms with Gasteiger partial charge in [-0.3, -0.25) is 4.90 Å². The minimum Gasteiger partial charge on any atom is -0.338 e. The van der Waals surface area contributed by atoms with Crippen molar-refractivity contribution >= 4 is 0 Å². The highest BCUT2D eigenvalue weighted by Crippen LogP contribution is 2.28. The minimum absolute atomic E-state index is 0.693. The summed E-state index contributed by atoms with van der Waals surface area (Å²) in [6, 6.07) is 11.0. The highest BCUT2D eigenvalue weighted by Gasteiger charge is 2.25. The molecule has 0 atom stereocenters. The average Bonchev–Trinajstić information content (AvgIpc) is 3.35. The molecule has 4 rings (SSSR count). The minimum atomic E-state index is 0.693. The molecular formula is C19H26N4O. The van der Waals surface area contributed by atoms with Gasteiger partial charge in [0.05, 0.1) is 6.54 Å². The van der Waals surface area contributed by atoms with Crippen molar-refractivity contribution in [2.75, 3.05) is 19.6 Å². The Morgan fingerprint density at radius 1 is 1.08 bits per heavy atom. The van der Waals surface area contributed by atoms with E-state index in [1.165, 1.54) is 37.8 Å². The molecule has 128 valence electrons. The van der Waals surface area contributed by atoms with Crippen molar-refractivity contribution in [3.8, 4) is 0 Å². The zero-order valence-corrected chi connectivity index (χ0v) is 14.2. The first kappa shape index (κ1) is 15.8. The molecule has 2 aliphatic rings. The molecule has 1 saturated carbocycles. The number of hydrogen-bond acceptors (Lipinski definition) is 5. The topological polar surface area (TPSA) is 54.2 Å². The van der Waals surface area contributed by atoms with Crippen LogP contribution in [0.3, 0.4) is 0 Å². The SMILES string of the molecule is c1ccc(Cc2noc(CN3CCC(NCC4CC4)CC3)n2)cc1. The Labute approximate surface area is 143 Å². The molecule has 0 spiro atoms. The van der Waals surface area contributed by atoms with Gasteiger partial charge in [-0.15, -0.1) is 0 Å². The van der Waals surface area contributed by atoms with Gasteiger partial charge in [-0.1, -0.05) is 35.5 Å². The van der Waals surface area contributed by atoms with Crippen LogP contribution in [-0.2, 0) is 13.0 Å². The Bertz CT molecular complexity index is 630. The van der Waals surface area contributed by atoms with Crippen molar-refractivity contribution in [3.05, 3.63) is 47.6 Å². The molecule has 1 aliphatic heterocycles. The summed E-state index contributed by atoms with van der Waals surface area (Å²) in [4.78, 5) is 6.98.